The molecule has 3 N–H and O–H groups in total. The maximum atomic E-state index is 12.6. The molecule has 1 amide bonds. The minimum atomic E-state index is -0.267. The Bertz CT molecular complexity index is 838. The third-order valence-corrected chi connectivity index (χ3v) is 5.65. The highest BCUT2D eigenvalue weighted by atomic mass is 35.5. The maximum Gasteiger partial charge on any atom is 0.255 e. The fourth-order valence-corrected chi connectivity index (χ4v) is 3.72. The predicted molar refractivity (Wildman–Crippen MR) is 111 cm³/mol. The van der Waals surface area contributed by atoms with Gasteiger partial charge in [0.1, 0.15) is 0 Å². The second-order valence-electron chi connectivity index (χ2n) is 6.85. The van der Waals surface area contributed by atoms with E-state index in [-0.39, 0.29) is 5.91 Å². The number of amides is 1. The summed E-state index contributed by atoms with van der Waals surface area (Å²) in [5.74, 6) is -0.267. The molecule has 138 valence electrons. The van der Waals surface area contributed by atoms with Crippen molar-refractivity contribution in [2.45, 2.75) is 39.2 Å². The second-order valence-corrected chi connectivity index (χ2v) is 7.66. The predicted octanol–water partition coefficient (Wildman–Crippen LogP) is 5.52. The van der Waals surface area contributed by atoms with Crippen LogP contribution in [0.3, 0.4) is 0 Å². The number of nitrogens with zero attached hydrogens (tertiary/aromatic N) is 1. The molecule has 26 heavy (non-hydrogen) atoms. The summed E-state index contributed by atoms with van der Waals surface area (Å²) in [5.41, 5.74) is 9.98. The number of rotatable bonds is 3. The van der Waals surface area contributed by atoms with Gasteiger partial charge >= 0.3 is 0 Å². The Morgan fingerprint density at radius 2 is 1.96 bits per heavy atom. The average Bonchev–Trinajstić information content (AvgIpc) is 2.60. The van der Waals surface area contributed by atoms with Gasteiger partial charge in [-0.1, -0.05) is 23.2 Å². The van der Waals surface area contributed by atoms with E-state index < -0.39 is 0 Å². The number of halogens is 2. The van der Waals surface area contributed by atoms with Crippen molar-refractivity contribution >= 4 is 46.2 Å². The largest absolute Gasteiger partial charge is 0.397 e. The molecule has 1 saturated heterocycles. The van der Waals surface area contributed by atoms with Gasteiger partial charge in [-0.3, -0.25) is 4.79 Å². The first-order valence-electron chi connectivity index (χ1n) is 8.80. The van der Waals surface area contributed by atoms with E-state index in [1.807, 2.05) is 12.1 Å². The summed E-state index contributed by atoms with van der Waals surface area (Å²) in [5, 5.41) is 3.66. The summed E-state index contributed by atoms with van der Waals surface area (Å²) in [6, 6.07) is 9.17. The van der Waals surface area contributed by atoms with Crippen molar-refractivity contribution in [3.05, 3.63) is 51.5 Å². The second kappa shape index (κ2) is 7.77. The number of hydrogen-bond acceptors (Lipinski definition) is 3. The van der Waals surface area contributed by atoms with Crippen molar-refractivity contribution in [1.82, 2.24) is 0 Å². The van der Waals surface area contributed by atoms with Crippen LogP contribution in [0.15, 0.2) is 30.3 Å². The lowest BCUT2D eigenvalue weighted by molar-refractivity contribution is 0.102. The Kier molecular flexibility index (Phi) is 5.64. The summed E-state index contributed by atoms with van der Waals surface area (Å²) < 4.78 is 0. The first-order chi connectivity index (χ1) is 12.4. The van der Waals surface area contributed by atoms with Gasteiger partial charge < -0.3 is 16.0 Å². The molecule has 3 rings (SSSR count). The number of piperidine rings is 1. The molecular weight excluding hydrogens is 369 g/mol. The zero-order valence-corrected chi connectivity index (χ0v) is 16.5. The molecule has 0 spiro atoms. The number of benzene rings is 2. The number of carbonyl (C=O) groups is 1. The summed E-state index contributed by atoms with van der Waals surface area (Å²) in [7, 11) is 0. The highest BCUT2D eigenvalue weighted by Gasteiger charge is 2.21. The van der Waals surface area contributed by atoms with E-state index in [9.17, 15) is 4.79 Å². The third kappa shape index (κ3) is 3.92. The van der Waals surface area contributed by atoms with E-state index in [0.29, 0.717) is 33.0 Å². The van der Waals surface area contributed by atoms with Crippen LogP contribution >= 0.6 is 23.2 Å². The van der Waals surface area contributed by atoms with Gasteiger partial charge in [0.2, 0.25) is 0 Å². The van der Waals surface area contributed by atoms with E-state index in [1.165, 1.54) is 19.3 Å². The Labute approximate surface area is 164 Å². The molecule has 1 fully saturated rings. The standard InChI is InChI=1S/C20H23Cl2N3O/c1-12-9-17(23)18(11-19(12)25-8-4-3-5-13(25)2)24-20(26)14-6-7-15(21)16(22)10-14/h6-7,9-11,13H,3-5,8,23H2,1-2H3,(H,24,26). The fourth-order valence-electron chi connectivity index (χ4n) is 3.42. The van der Waals surface area contributed by atoms with Gasteiger partial charge in [-0.05, 0) is 69.0 Å². The first-order valence-corrected chi connectivity index (χ1v) is 9.55. The van der Waals surface area contributed by atoms with Crippen LogP contribution in [0.1, 0.15) is 42.1 Å². The molecule has 2 aromatic rings. The Morgan fingerprint density at radius 1 is 1.19 bits per heavy atom. The third-order valence-electron chi connectivity index (χ3n) is 4.91. The molecule has 4 nitrogen and oxygen atoms in total. The first kappa shape index (κ1) is 18.9. The van der Waals surface area contributed by atoms with Gasteiger partial charge in [0.05, 0.1) is 21.4 Å². The van der Waals surface area contributed by atoms with Gasteiger partial charge in [-0.25, -0.2) is 0 Å². The lowest BCUT2D eigenvalue weighted by Crippen LogP contribution is -2.37. The summed E-state index contributed by atoms with van der Waals surface area (Å²) in [4.78, 5) is 15.0. The Morgan fingerprint density at radius 3 is 2.65 bits per heavy atom. The quantitative estimate of drug-likeness (QED) is 0.677. The molecule has 0 bridgehead atoms. The van der Waals surface area contributed by atoms with Gasteiger partial charge in [-0.15, -0.1) is 0 Å². The van der Waals surface area contributed by atoms with Crippen molar-refractivity contribution in [3.63, 3.8) is 0 Å². The molecule has 1 unspecified atom stereocenters. The summed E-state index contributed by atoms with van der Waals surface area (Å²) in [6.07, 6.45) is 3.61. The van der Waals surface area contributed by atoms with Crippen molar-refractivity contribution in [3.8, 4) is 0 Å². The van der Waals surface area contributed by atoms with Gasteiger partial charge in [0.25, 0.3) is 5.91 Å². The van der Waals surface area contributed by atoms with E-state index >= 15 is 0 Å². The summed E-state index contributed by atoms with van der Waals surface area (Å²) >= 11 is 11.9. The maximum absolute atomic E-state index is 12.6. The van der Waals surface area contributed by atoms with Gasteiger partial charge in [0, 0.05) is 23.8 Å². The topological polar surface area (TPSA) is 58.4 Å². The van der Waals surface area contributed by atoms with Crippen molar-refractivity contribution < 1.29 is 4.79 Å². The van der Waals surface area contributed by atoms with Crippen LogP contribution in [0.4, 0.5) is 17.1 Å². The molecule has 1 aliphatic heterocycles. The lowest BCUT2D eigenvalue weighted by Gasteiger charge is -2.36. The van der Waals surface area contributed by atoms with Crippen LogP contribution in [0, 0.1) is 6.92 Å². The van der Waals surface area contributed by atoms with Crippen LogP contribution in [-0.4, -0.2) is 18.5 Å². The SMILES string of the molecule is Cc1cc(N)c(NC(=O)c2ccc(Cl)c(Cl)c2)cc1N1CCCCC1C. The van der Waals surface area contributed by atoms with Crippen molar-refractivity contribution in [2.75, 3.05) is 22.5 Å². The number of nitrogens with two attached hydrogens (primary N) is 1. The molecule has 6 heteroatoms. The smallest absolute Gasteiger partial charge is 0.255 e. The fraction of sp³-hybridized carbons (Fsp3) is 0.350. The highest BCUT2D eigenvalue weighted by Crippen LogP contribution is 2.34. The number of carbonyl (C=O) groups excluding carboxylic acids is 1. The van der Waals surface area contributed by atoms with E-state index in [4.69, 9.17) is 28.9 Å². The van der Waals surface area contributed by atoms with Crippen LogP contribution in [0.2, 0.25) is 10.0 Å². The Balaban J connectivity index is 1.88. The number of nitrogen functional groups attached to an aromatic ring is 1. The molecule has 0 aliphatic carbocycles. The minimum absolute atomic E-state index is 0.267. The number of aryl methyl sites for hydroxylation is 1. The average molecular weight is 392 g/mol. The number of anilines is 3. The molecule has 1 heterocycles. The van der Waals surface area contributed by atoms with Crippen molar-refractivity contribution in [2.24, 2.45) is 0 Å². The summed E-state index contributed by atoms with van der Waals surface area (Å²) in [6.45, 7) is 5.31. The molecule has 2 aromatic carbocycles. The minimum Gasteiger partial charge on any atom is -0.397 e. The molecular formula is C20H23Cl2N3O. The van der Waals surface area contributed by atoms with Gasteiger partial charge in [-0.2, -0.15) is 0 Å². The highest BCUT2D eigenvalue weighted by molar-refractivity contribution is 6.42. The molecule has 1 aliphatic rings. The van der Waals surface area contributed by atoms with Crippen molar-refractivity contribution in [1.29, 1.82) is 0 Å². The zero-order chi connectivity index (χ0) is 18.8. The van der Waals surface area contributed by atoms with Crippen LogP contribution in [-0.2, 0) is 0 Å². The normalized spacial score (nSPS) is 17.2. The van der Waals surface area contributed by atoms with E-state index in [0.717, 1.165) is 17.8 Å². The van der Waals surface area contributed by atoms with Crippen LogP contribution in [0.25, 0.3) is 0 Å². The molecule has 1 atom stereocenters. The molecule has 0 saturated carbocycles. The Hall–Kier alpha value is -1.91. The lowest BCUT2D eigenvalue weighted by atomic mass is 10.0. The molecule has 0 radical (unpaired) electrons. The van der Waals surface area contributed by atoms with E-state index in [2.05, 4.69) is 24.1 Å². The van der Waals surface area contributed by atoms with E-state index in [1.54, 1.807) is 18.2 Å². The monoisotopic (exact) mass is 391 g/mol. The van der Waals surface area contributed by atoms with Crippen LogP contribution in [0.5, 0.6) is 0 Å². The number of nitrogens with one attached hydrogen (secondary N) is 1. The zero-order valence-electron chi connectivity index (χ0n) is 15.0. The number of hydrogen-bond donors (Lipinski definition) is 2. The molecule has 0 aromatic heterocycles. The van der Waals surface area contributed by atoms with Crippen LogP contribution < -0.4 is 16.0 Å². The van der Waals surface area contributed by atoms with Gasteiger partial charge in [0.15, 0.2) is 0 Å².